The van der Waals surface area contributed by atoms with Crippen molar-refractivity contribution in [2.45, 2.75) is 32.0 Å². The molecule has 0 N–H and O–H groups in total. The van der Waals surface area contributed by atoms with Gasteiger partial charge in [0.05, 0.1) is 13.2 Å². The lowest BCUT2D eigenvalue weighted by Crippen LogP contribution is -2.11. The highest BCUT2D eigenvalue weighted by molar-refractivity contribution is 5.77. The van der Waals surface area contributed by atoms with Crippen LogP contribution in [0.5, 0.6) is 0 Å². The van der Waals surface area contributed by atoms with E-state index < -0.39 is 0 Å². The van der Waals surface area contributed by atoms with Gasteiger partial charge in [-0.3, -0.25) is 0 Å². The third-order valence-electron chi connectivity index (χ3n) is 1.59. The summed E-state index contributed by atoms with van der Waals surface area (Å²) < 4.78 is 9.52. The Kier molecular flexibility index (Phi) is 2.27. The Bertz CT molecular complexity index is 133. The van der Waals surface area contributed by atoms with Gasteiger partial charge in [0, 0.05) is 0 Å². The molecule has 0 aromatic rings. The molecule has 1 aliphatic rings. The smallest absolute Gasteiger partial charge is 0.337 e. The zero-order valence-electron chi connectivity index (χ0n) is 6.29. The maximum Gasteiger partial charge on any atom is 0.337 e. The fraction of sp³-hybridized carbons (Fsp3) is 0.857. The van der Waals surface area contributed by atoms with Gasteiger partial charge in [0.15, 0.2) is 6.10 Å². The number of rotatable bonds is 3. The predicted molar refractivity (Wildman–Crippen MR) is 35.6 cm³/mol. The third-order valence-corrected chi connectivity index (χ3v) is 1.59. The molecule has 0 amide bonds. The Morgan fingerprint density at radius 2 is 2.40 bits per heavy atom. The van der Waals surface area contributed by atoms with E-state index in [1.54, 1.807) is 0 Å². The Hall–Kier alpha value is -0.570. The van der Waals surface area contributed by atoms with Crippen LogP contribution in [0.2, 0.25) is 0 Å². The fourth-order valence-electron chi connectivity index (χ4n) is 0.970. The highest BCUT2D eigenvalue weighted by Gasteiger charge is 2.44. The number of methoxy groups -OCH3 is 1. The van der Waals surface area contributed by atoms with Crippen molar-refractivity contribution in [3.63, 3.8) is 0 Å². The van der Waals surface area contributed by atoms with Gasteiger partial charge >= 0.3 is 5.97 Å². The van der Waals surface area contributed by atoms with E-state index in [0.29, 0.717) is 0 Å². The molecule has 3 nitrogen and oxygen atoms in total. The molecule has 58 valence electrons. The first-order valence-electron chi connectivity index (χ1n) is 3.53. The summed E-state index contributed by atoms with van der Waals surface area (Å²) in [6.45, 7) is 2.07. The molecule has 0 aliphatic carbocycles. The maximum absolute atomic E-state index is 10.7. The van der Waals surface area contributed by atoms with E-state index >= 15 is 0 Å². The quantitative estimate of drug-likeness (QED) is 0.433. The van der Waals surface area contributed by atoms with Crippen molar-refractivity contribution in [2.24, 2.45) is 0 Å². The molecular weight excluding hydrogens is 132 g/mol. The number of epoxide rings is 1. The second kappa shape index (κ2) is 3.01. The SMILES string of the molecule is CCC[C@@H]1O[C@@H]1C(=O)OC. The highest BCUT2D eigenvalue weighted by Crippen LogP contribution is 2.27. The molecule has 0 radical (unpaired) electrons. The number of esters is 1. The summed E-state index contributed by atoms with van der Waals surface area (Å²) in [4.78, 5) is 10.7. The van der Waals surface area contributed by atoms with Gasteiger partial charge in [-0.2, -0.15) is 0 Å². The number of hydrogen-bond donors (Lipinski definition) is 0. The third kappa shape index (κ3) is 1.48. The van der Waals surface area contributed by atoms with Crippen molar-refractivity contribution < 1.29 is 14.3 Å². The van der Waals surface area contributed by atoms with Crippen molar-refractivity contribution in [2.75, 3.05) is 7.11 Å². The van der Waals surface area contributed by atoms with E-state index in [2.05, 4.69) is 11.7 Å². The first-order valence-corrected chi connectivity index (χ1v) is 3.53. The lowest BCUT2D eigenvalue weighted by Gasteiger charge is -1.90. The van der Waals surface area contributed by atoms with Gasteiger partial charge in [-0.25, -0.2) is 4.79 Å². The van der Waals surface area contributed by atoms with Gasteiger partial charge in [-0.05, 0) is 6.42 Å². The van der Waals surface area contributed by atoms with Gasteiger partial charge in [0.2, 0.25) is 0 Å². The van der Waals surface area contributed by atoms with E-state index in [1.807, 2.05) is 0 Å². The lowest BCUT2D eigenvalue weighted by molar-refractivity contribution is -0.142. The number of carbonyl (C=O) groups excluding carboxylic acids is 1. The highest BCUT2D eigenvalue weighted by atomic mass is 16.6. The van der Waals surface area contributed by atoms with Gasteiger partial charge < -0.3 is 9.47 Å². The summed E-state index contributed by atoms with van der Waals surface area (Å²) in [6.07, 6.45) is 1.89. The lowest BCUT2D eigenvalue weighted by atomic mass is 10.2. The molecule has 0 aromatic carbocycles. The topological polar surface area (TPSA) is 38.8 Å². The van der Waals surface area contributed by atoms with E-state index in [4.69, 9.17) is 4.74 Å². The van der Waals surface area contributed by atoms with Crippen molar-refractivity contribution >= 4 is 5.97 Å². The van der Waals surface area contributed by atoms with E-state index in [0.717, 1.165) is 12.8 Å². The maximum atomic E-state index is 10.7. The van der Waals surface area contributed by atoms with E-state index in [9.17, 15) is 4.79 Å². The molecule has 10 heavy (non-hydrogen) atoms. The monoisotopic (exact) mass is 144 g/mol. The molecule has 1 saturated heterocycles. The molecule has 2 atom stereocenters. The van der Waals surface area contributed by atoms with Gasteiger partial charge in [-0.1, -0.05) is 13.3 Å². The average molecular weight is 144 g/mol. The van der Waals surface area contributed by atoms with Crippen LogP contribution in [0.15, 0.2) is 0 Å². The second-order valence-electron chi connectivity index (χ2n) is 2.41. The summed E-state index contributed by atoms with van der Waals surface area (Å²) in [6, 6.07) is 0. The first kappa shape index (κ1) is 7.54. The average Bonchev–Trinajstić information content (AvgIpc) is 2.67. The zero-order chi connectivity index (χ0) is 7.56. The largest absolute Gasteiger partial charge is 0.467 e. The molecule has 1 fully saturated rings. The predicted octanol–water partition coefficient (Wildman–Crippen LogP) is 0.727. The normalized spacial score (nSPS) is 29.8. The van der Waals surface area contributed by atoms with E-state index in [-0.39, 0.29) is 18.2 Å². The molecule has 1 aliphatic heterocycles. The van der Waals surface area contributed by atoms with Crippen molar-refractivity contribution in [3.8, 4) is 0 Å². The summed E-state index contributed by atoms with van der Waals surface area (Å²) in [5.41, 5.74) is 0. The number of carbonyl (C=O) groups is 1. The summed E-state index contributed by atoms with van der Waals surface area (Å²) in [7, 11) is 1.38. The van der Waals surface area contributed by atoms with Crippen LogP contribution in [0, 0.1) is 0 Å². The summed E-state index contributed by atoms with van der Waals surface area (Å²) in [5.74, 6) is -0.238. The summed E-state index contributed by atoms with van der Waals surface area (Å²) in [5, 5.41) is 0. The van der Waals surface area contributed by atoms with Crippen LogP contribution in [0.1, 0.15) is 19.8 Å². The second-order valence-corrected chi connectivity index (χ2v) is 2.41. The minimum Gasteiger partial charge on any atom is -0.467 e. The minimum atomic E-state index is -0.259. The molecule has 0 bridgehead atoms. The minimum absolute atomic E-state index is 0.137. The number of ether oxygens (including phenoxy) is 2. The zero-order valence-corrected chi connectivity index (χ0v) is 6.29. The first-order chi connectivity index (χ1) is 4.79. The number of hydrogen-bond acceptors (Lipinski definition) is 3. The molecule has 0 aromatic heterocycles. The molecule has 1 heterocycles. The van der Waals surface area contributed by atoms with Crippen LogP contribution in [0.25, 0.3) is 0 Å². The van der Waals surface area contributed by atoms with E-state index in [1.165, 1.54) is 7.11 Å². The molecule has 0 unspecified atom stereocenters. The van der Waals surface area contributed by atoms with Crippen LogP contribution >= 0.6 is 0 Å². The van der Waals surface area contributed by atoms with Crippen LogP contribution in [0.3, 0.4) is 0 Å². The van der Waals surface area contributed by atoms with Gasteiger partial charge in [0.1, 0.15) is 0 Å². The Labute approximate surface area is 60.3 Å². The standard InChI is InChI=1S/C7H12O3/c1-3-4-5-6(10-5)7(8)9-2/h5-6H,3-4H2,1-2H3/t5-,6-/m0/s1. The molecule has 0 saturated carbocycles. The van der Waals surface area contributed by atoms with Crippen LogP contribution in [-0.4, -0.2) is 25.3 Å². The molecule has 3 heteroatoms. The Balaban J connectivity index is 2.18. The Morgan fingerprint density at radius 3 is 2.90 bits per heavy atom. The Morgan fingerprint density at radius 1 is 1.70 bits per heavy atom. The fourth-order valence-corrected chi connectivity index (χ4v) is 0.970. The van der Waals surface area contributed by atoms with Gasteiger partial charge in [-0.15, -0.1) is 0 Å². The molecular formula is C7H12O3. The van der Waals surface area contributed by atoms with Crippen molar-refractivity contribution in [1.29, 1.82) is 0 Å². The molecule has 0 spiro atoms. The van der Waals surface area contributed by atoms with Crippen LogP contribution in [-0.2, 0) is 14.3 Å². The van der Waals surface area contributed by atoms with Crippen molar-refractivity contribution in [1.82, 2.24) is 0 Å². The van der Waals surface area contributed by atoms with Crippen LogP contribution < -0.4 is 0 Å². The van der Waals surface area contributed by atoms with Crippen molar-refractivity contribution in [3.05, 3.63) is 0 Å². The summed E-state index contributed by atoms with van der Waals surface area (Å²) >= 11 is 0. The van der Waals surface area contributed by atoms with Crippen LogP contribution in [0.4, 0.5) is 0 Å². The molecule has 1 rings (SSSR count). The van der Waals surface area contributed by atoms with Gasteiger partial charge in [0.25, 0.3) is 0 Å².